The van der Waals surface area contributed by atoms with Crippen LogP contribution in [-0.4, -0.2) is 14.2 Å². The van der Waals surface area contributed by atoms with E-state index in [1.807, 2.05) is 6.92 Å². The zero-order valence-electron chi connectivity index (χ0n) is 11.9. The average Bonchev–Trinajstić information content (AvgIpc) is 2.39. The lowest BCUT2D eigenvalue weighted by Gasteiger charge is -2.35. The van der Waals surface area contributed by atoms with E-state index >= 15 is 0 Å². The highest BCUT2D eigenvalue weighted by Gasteiger charge is 2.34. The molecule has 2 rings (SSSR count). The molecular weight excluding hydrogens is 262 g/mol. The Morgan fingerprint density at radius 2 is 1.68 bits per heavy atom. The van der Waals surface area contributed by atoms with Gasteiger partial charge in [0.25, 0.3) is 0 Å². The summed E-state index contributed by atoms with van der Waals surface area (Å²) in [5, 5.41) is 0.524. The van der Waals surface area contributed by atoms with Crippen molar-refractivity contribution in [3.05, 3.63) is 22.2 Å². The Labute approximate surface area is 120 Å². The number of halogens is 1. The van der Waals surface area contributed by atoms with Crippen molar-refractivity contribution in [2.24, 2.45) is 5.73 Å². The fourth-order valence-electron chi connectivity index (χ4n) is 3.01. The molecule has 3 nitrogen and oxygen atoms in total. The van der Waals surface area contributed by atoms with Gasteiger partial charge < -0.3 is 15.2 Å². The van der Waals surface area contributed by atoms with Gasteiger partial charge in [0.2, 0.25) is 0 Å². The molecule has 1 fully saturated rings. The van der Waals surface area contributed by atoms with E-state index in [1.165, 1.54) is 6.42 Å². The molecule has 0 bridgehead atoms. The molecule has 19 heavy (non-hydrogen) atoms. The zero-order chi connectivity index (χ0) is 14.0. The van der Waals surface area contributed by atoms with Crippen LogP contribution in [0.3, 0.4) is 0 Å². The molecular formula is C15H22ClNO2. The Bertz CT molecular complexity index is 468. The highest BCUT2D eigenvalue weighted by Crippen LogP contribution is 2.46. The normalized spacial score (nSPS) is 18.2. The van der Waals surface area contributed by atoms with Gasteiger partial charge in [-0.2, -0.15) is 0 Å². The minimum atomic E-state index is -0.329. The molecule has 0 atom stereocenters. The third kappa shape index (κ3) is 2.54. The van der Waals surface area contributed by atoms with Crippen molar-refractivity contribution in [2.45, 2.75) is 44.6 Å². The second-order valence-electron chi connectivity index (χ2n) is 5.34. The monoisotopic (exact) mass is 283 g/mol. The predicted octanol–water partition coefficient (Wildman–Crippen LogP) is 3.78. The molecule has 1 saturated carbocycles. The smallest absolute Gasteiger partial charge is 0.146 e. The molecule has 0 aromatic heterocycles. The van der Waals surface area contributed by atoms with E-state index < -0.39 is 0 Å². The molecule has 4 heteroatoms. The minimum absolute atomic E-state index is 0.329. The van der Waals surface area contributed by atoms with Crippen molar-refractivity contribution in [3.63, 3.8) is 0 Å². The number of rotatable bonds is 3. The summed E-state index contributed by atoms with van der Waals surface area (Å²) in [7, 11) is 3.25. The van der Waals surface area contributed by atoms with Crippen LogP contribution in [0.2, 0.25) is 5.02 Å². The zero-order valence-corrected chi connectivity index (χ0v) is 12.6. The van der Waals surface area contributed by atoms with Gasteiger partial charge in [0.15, 0.2) is 0 Å². The summed E-state index contributed by atoms with van der Waals surface area (Å²) in [6, 6.07) is 2.06. The Balaban J connectivity index is 2.56. The van der Waals surface area contributed by atoms with Crippen LogP contribution in [0.1, 0.15) is 43.2 Å². The van der Waals surface area contributed by atoms with Gasteiger partial charge in [-0.3, -0.25) is 0 Å². The highest BCUT2D eigenvalue weighted by atomic mass is 35.5. The second kappa shape index (κ2) is 5.59. The van der Waals surface area contributed by atoms with E-state index in [0.717, 1.165) is 36.8 Å². The second-order valence-corrected chi connectivity index (χ2v) is 5.72. The number of hydrogen-bond donors (Lipinski definition) is 1. The molecule has 0 radical (unpaired) electrons. The fourth-order valence-corrected chi connectivity index (χ4v) is 3.42. The SMILES string of the molecule is COc1c(C)cc(C2(N)CCCCC2)c(OC)c1Cl. The molecule has 1 aromatic rings. The van der Waals surface area contributed by atoms with E-state index in [1.54, 1.807) is 14.2 Å². The Hall–Kier alpha value is -0.930. The molecule has 0 amide bonds. The summed E-state index contributed by atoms with van der Waals surface area (Å²) < 4.78 is 10.8. The first kappa shape index (κ1) is 14.5. The van der Waals surface area contributed by atoms with Crippen molar-refractivity contribution in [1.29, 1.82) is 0 Å². The molecule has 106 valence electrons. The maximum Gasteiger partial charge on any atom is 0.146 e. The van der Waals surface area contributed by atoms with Crippen molar-refractivity contribution in [1.82, 2.24) is 0 Å². The number of nitrogens with two attached hydrogens (primary N) is 1. The molecule has 0 spiro atoms. The molecule has 2 N–H and O–H groups in total. The largest absolute Gasteiger partial charge is 0.495 e. The number of methoxy groups -OCH3 is 2. The Morgan fingerprint density at radius 3 is 2.21 bits per heavy atom. The van der Waals surface area contributed by atoms with Gasteiger partial charge in [-0.1, -0.05) is 30.9 Å². The third-order valence-corrected chi connectivity index (χ3v) is 4.40. The molecule has 0 unspecified atom stereocenters. The van der Waals surface area contributed by atoms with E-state index in [4.69, 9.17) is 26.8 Å². The van der Waals surface area contributed by atoms with Gasteiger partial charge in [-0.25, -0.2) is 0 Å². The van der Waals surface area contributed by atoms with Crippen LogP contribution >= 0.6 is 11.6 Å². The first-order chi connectivity index (χ1) is 9.03. The molecule has 0 aliphatic heterocycles. The fraction of sp³-hybridized carbons (Fsp3) is 0.600. The van der Waals surface area contributed by atoms with Crippen LogP contribution in [-0.2, 0) is 5.54 Å². The predicted molar refractivity (Wildman–Crippen MR) is 78.2 cm³/mol. The van der Waals surface area contributed by atoms with Crippen LogP contribution in [0.25, 0.3) is 0 Å². The average molecular weight is 284 g/mol. The molecule has 0 saturated heterocycles. The third-order valence-electron chi connectivity index (χ3n) is 4.05. The summed E-state index contributed by atoms with van der Waals surface area (Å²) in [5.41, 5.74) is 8.29. The van der Waals surface area contributed by atoms with E-state index in [-0.39, 0.29) is 5.54 Å². The molecule has 1 aliphatic carbocycles. The standard InChI is InChI=1S/C15H22ClNO2/c1-10-9-11(15(17)7-5-4-6-8-15)14(19-3)12(16)13(10)18-2/h9H,4-8,17H2,1-3H3. The number of hydrogen-bond acceptors (Lipinski definition) is 3. The molecule has 1 aliphatic rings. The number of benzene rings is 1. The minimum Gasteiger partial charge on any atom is -0.495 e. The van der Waals surface area contributed by atoms with Crippen LogP contribution in [0.4, 0.5) is 0 Å². The van der Waals surface area contributed by atoms with Gasteiger partial charge in [0.05, 0.1) is 14.2 Å². The maximum atomic E-state index is 6.61. The van der Waals surface area contributed by atoms with Crippen molar-refractivity contribution >= 4 is 11.6 Å². The lowest BCUT2D eigenvalue weighted by atomic mass is 9.76. The van der Waals surface area contributed by atoms with Crippen molar-refractivity contribution < 1.29 is 9.47 Å². The van der Waals surface area contributed by atoms with E-state index in [2.05, 4.69) is 6.07 Å². The van der Waals surface area contributed by atoms with E-state index in [0.29, 0.717) is 16.5 Å². The van der Waals surface area contributed by atoms with Crippen LogP contribution < -0.4 is 15.2 Å². The van der Waals surface area contributed by atoms with Crippen molar-refractivity contribution in [2.75, 3.05) is 14.2 Å². The Kier molecular flexibility index (Phi) is 4.26. The first-order valence-electron chi connectivity index (χ1n) is 6.74. The first-order valence-corrected chi connectivity index (χ1v) is 7.11. The van der Waals surface area contributed by atoms with Crippen LogP contribution in [0, 0.1) is 6.92 Å². The van der Waals surface area contributed by atoms with Gasteiger partial charge in [-0.15, -0.1) is 0 Å². The number of ether oxygens (including phenoxy) is 2. The summed E-state index contributed by atoms with van der Waals surface area (Å²) in [6.45, 7) is 1.99. The van der Waals surface area contributed by atoms with Gasteiger partial charge >= 0.3 is 0 Å². The summed E-state index contributed by atoms with van der Waals surface area (Å²) >= 11 is 6.40. The van der Waals surface area contributed by atoms with Crippen LogP contribution in [0.5, 0.6) is 11.5 Å². The van der Waals surface area contributed by atoms with Gasteiger partial charge in [0.1, 0.15) is 16.5 Å². The lowest BCUT2D eigenvalue weighted by molar-refractivity contribution is 0.288. The maximum absolute atomic E-state index is 6.61. The molecule has 1 aromatic carbocycles. The van der Waals surface area contributed by atoms with Gasteiger partial charge in [0, 0.05) is 11.1 Å². The molecule has 0 heterocycles. The number of aryl methyl sites for hydroxylation is 1. The van der Waals surface area contributed by atoms with Crippen LogP contribution in [0.15, 0.2) is 6.07 Å². The topological polar surface area (TPSA) is 44.5 Å². The van der Waals surface area contributed by atoms with E-state index in [9.17, 15) is 0 Å². The summed E-state index contributed by atoms with van der Waals surface area (Å²) in [5.74, 6) is 1.33. The van der Waals surface area contributed by atoms with Gasteiger partial charge in [-0.05, 0) is 31.4 Å². The Morgan fingerprint density at radius 1 is 1.11 bits per heavy atom. The highest BCUT2D eigenvalue weighted by molar-refractivity contribution is 6.33. The quantitative estimate of drug-likeness (QED) is 0.918. The summed E-state index contributed by atoms with van der Waals surface area (Å²) in [6.07, 6.45) is 5.52. The summed E-state index contributed by atoms with van der Waals surface area (Å²) in [4.78, 5) is 0. The lowest BCUT2D eigenvalue weighted by Crippen LogP contribution is -2.39. The van der Waals surface area contributed by atoms with Crippen molar-refractivity contribution in [3.8, 4) is 11.5 Å².